The van der Waals surface area contributed by atoms with Crippen LogP contribution in [-0.2, 0) is 4.74 Å². The molecule has 15 heavy (non-hydrogen) atoms. The van der Waals surface area contributed by atoms with E-state index in [-0.39, 0.29) is 20.2 Å². The molecule has 80 valence electrons. The highest BCUT2D eigenvalue weighted by Crippen LogP contribution is 2.32. The van der Waals surface area contributed by atoms with Gasteiger partial charge in [-0.15, -0.1) is 0 Å². The van der Waals surface area contributed by atoms with Crippen molar-refractivity contribution in [2.75, 3.05) is 7.11 Å². The summed E-state index contributed by atoms with van der Waals surface area (Å²) in [6.07, 6.45) is 0. The molecule has 0 amide bonds. The largest absolute Gasteiger partial charge is 0.486 e. The van der Waals surface area contributed by atoms with Crippen molar-refractivity contribution in [2.24, 2.45) is 0 Å². The highest BCUT2D eigenvalue weighted by atomic mass is 79.9. The van der Waals surface area contributed by atoms with E-state index in [2.05, 4.69) is 15.9 Å². The van der Waals surface area contributed by atoms with Crippen molar-refractivity contribution in [2.45, 2.75) is 0 Å². The van der Waals surface area contributed by atoms with Gasteiger partial charge in [0.05, 0.1) is 17.6 Å². The monoisotopic (exact) mass is 309 g/mol. The van der Waals surface area contributed by atoms with Gasteiger partial charge in [-0.1, -0.05) is 11.6 Å². The molecule has 0 heterocycles. The molecule has 0 aliphatic rings. The third-order valence-corrected chi connectivity index (χ3v) is 3.06. The second kappa shape index (κ2) is 4.87. The Morgan fingerprint density at radius 3 is 2.73 bits per heavy atom. The number of ether oxygens (including phenoxy) is 1. The summed E-state index contributed by atoms with van der Waals surface area (Å²) >= 11 is 13.7. The Hall–Kier alpha value is -0.720. The molecule has 0 saturated heterocycles. The van der Waals surface area contributed by atoms with Crippen molar-refractivity contribution < 1.29 is 9.66 Å². The number of nitrogens with zero attached hydrogens (tertiary/aromatic N) is 1. The minimum absolute atomic E-state index is 0.142. The molecular weight excluding hydrogens is 306 g/mol. The van der Waals surface area contributed by atoms with Crippen LogP contribution in [0.3, 0.4) is 0 Å². The van der Waals surface area contributed by atoms with Crippen molar-refractivity contribution in [3.8, 4) is 0 Å². The zero-order chi connectivity index (χ0) is 11.6. The van der Waals surface area contributed by atoms with E-state index in [4.69, 9.17) is 28.6 Å². The Balaban J connectivity index is 3.41. The number of benzene rings is 1. The Morgan fingerprint density at radius 1 is 1.67 bits per heavy atom. The third kappa shape index (κ3) is 2.64. The van der Waals surface area contributed by atoms with E-state index in [1.54, 1.807) is 0 Å². The summed E-state index contributed by atoms with van der Waals surface area (Å²) in [7, 11) is 1.39. The fourth-order valence-corrected chi connectivity index (χ4v) is 2.02. The first kappa shape index (κ1) is 12.4. The number of halogens is 2. The average molecular weight is 311 g/mol. The molecule has 0 atom stereocenters. The number of thiocarbonyl (C=S) groups is 1. The molecule has 7 heteroatoms. The van der Waals surface area contributed by atoms with E-state index in [0.717, 1.165) is 0 Å². The molecule has 0 unspecified atom stereocenters. The molecule has 4 nitrogen and oxygen atoms in total. The molecule has 0 aliphatic carbocycles. The normalized spacial score (nSPS) is 9.80. The lowest BCUT2D eigenvalue weighted by atomic mass is 10.2. The van der Waals surface area contributed by atoms with E-state index < -0.39 is 4.92 Å². The van der Waals surface area contributed by atoms with Gasteiger partial charge in [0.1, 0.15) is 4.47 Å². The molecule has 1 aromatic rings. The van der Waals surface area contributed by atoms with Gasteiger partial charge < -0.3 is 4.74 Å². The Labute approximate surface area is 104 Å². The van der Waals surface area contributed by atoms with Crippen molar-refractivity contribution in [3.05, 3.63) is 37.3 Å². The summed E-state index contributed by atoms with van der Waals surface area (Å²) in [4.78, 5) is 10.1. The second-order valence-electron chi connectivity index (χ2n) is 2.54. The minimum atomic E-state index is -0.544. The maximum Gasteiger partial charge on any atom is 0.285 e. The second-order valence-corrected chi connectivity index (χ2v) is 4.14. The van der Waals surface area contributed by atoms with Crippen molar-refractivity contribution in [1.29, 1.82) is 0 Å². The predicted molar refractivity (Wildman–Crippen MR) is 64.5 cm³/mol. The number of methoxy groups -OCH3 is 1. The van der Waals surface area contributed by atoms with Gasteiger partial charge in [0, 0.05) is 11.1 Å². The quantitative estimate of drug-likeness (QED) is 0.477. The van der Waals surface area contributed by atoms with E-state index in [1.807, 2.05) is 0 Å². The number of nitro benzene ring substituents is 1. The molecule has 1 rings (SSSR count). The number of nitro groups is 1. The number of hydrogen-bond donors (Lipinski definition) is 0. The lowest BCUT2D eigenvalue weighted by molar-refractivity contribution is -0.385. The Bertz CT molecular complexity index is 438. The molecule has 0 N–H and O–H groups in total. The molecule has 1 aromatic carbocycles. The van der Waals surface area contributed by atoms with Crippen molar-refractivity contribution in [1.82, 2.24) is 0 Å². The van der Waals surface area contributed by atoms with Gasteiger partial charge in [0.2, 0.25) is 0 Å². The van der Waals surface area contributed by atoms with Crippen LogP contribution in [0.15, 0.2) is 16.6 Å². The zero-order valence-corrected chi connectivity index (χ0v) is 10.6. The van der Waals surface area contributed by atoms with Crippen LogP contribution < -0.4 is 0 Å². The summed E-state index contributed by atoms with van der Waals surface area (Å²) in [6, 6.07) is 2.75. The molecule has 0 radical (unpaired) electrons. The fourth-order valence-electron chi connectivity index (χ4n) is 0.966. The Morgan fingerprint density at radius 2 is 2.27 bits per heavy atom. The molecule has 0 aromatic heterocycles. The molecule has 0 spiro atoms. The van der Waals surface area contributed by atoms with Gasteiger partial charge in [0.25, 0.3) is 5.69 Å². The average Bonchev–Trinajstić information content (AvgIpc) is 2.19. The molecule has 0 aliphatic heterocycles. The summed E-state index contributed by atoms with van der Waals surface area (Å²) in [5.74, 6) is 0. The lowest BCUT2D eigenvalue weighted by Gasteiger charge is -2.06. The van der Waals surface area contributed by atoms with Crippen molar-refractivity contribution in [3.63, 3.8) is 0 Å². The lowest BCUT2D eigenvalue weighted by Crippen LogP contribution is -2.03. The maximum absolute atomic E-state index is 10.7. The van der Waals surface area contributed by atoms with Crippen molar-refractivity contribution >= 4 is 50.5 Å². The molecular formula is C8H5BrClNO3S. The van der Waals surface area contributed by atoms with Crippen LogP contribution in [0.5, 0.6) is 0 Å². The fraction of sp³-hybridized carbons (Fsp3) is 0.125. The molecule has 0 fully saturated rings. The van der Waals surface area contributed by atoms with Gasteiger partial charge in [0.15, 0.2) is 5.05 Å². The predicted octanol–water partition coefficient (Wildman–Crippen LogP) is 3.33. The van der Waals surface area contributed by atoms with E-state index in [9.17, 15) is 10.1 Å². The van der Waals surface area contributed by atoms with Gasteiger partial charge in [-0.25, -0.2) is 0 Å². The highest BCUT2D eigenvalue weighted by molar-refractivity contribution is 9.10. The van der Waals surface area contributed by atoms with E-state index in [0.29, 0.717) is 5.56 Å². The highest BCUT2D eigenvalue weighted by Gasteiger charge is 2.19. The number of rotatable bonds is 2. The van der Waals surface area contributed by atoms with Crippen LogP contribution in [0.1, 0.15) is 5.56 Å². The summed E-state index contributed by atoms with van der Waals surface area (Å²) in [5.41, 5.74) is 0.253. The van der Waals surface area contributed by atoms with Crippen LogP contribution in [-0.4, -0.2) is 17.1 Å². The zero-order valence-electron chi connectivity index (χ0n) is 7.49. The van der Waals surface area contributed by atoms with Crippen LogP contribution in [0.4, 0.5) is 5.69 Å². The first-order valence-corrected chi connectivity index (χ1v) is 5.27. The van der Waals surface area contributed by atoms with Gasteiger partial charge in [-0.3, -0.25) is 10.1 Å². The number of hydrogen-bond acceptors (Lipinski definition) is 4. The first-order valence-electron chi connectivity index (χ1n) is 3.69. The van der Waals surface area contributed by atoms with Gasteiger partial charge in [-0.2, -0.15) is 0 Å². The molecule has 0 saturated carbocycles. The van der Waals surface area contributed by atoms with Crippen LogP contribution >= 0.6 is 39.7 Å². The van der Waals surface area contributed by atoms with E-state index >= 15 is 0 Å². The first-order chi connectivity index (χ1) is 6.97. The summed E-state index contributed by atoms with van der Waals surface area (Å²) < 4.78 is 5.09. The standard InChI is InChI=1S/C8H5BrClNO3S/c1-14-8(15)5-2-4(10)3-6(7(5)9)11(12)13/h2-3H,1H3. The molecule has 0 bridgehead atoms. The van der Waals surface area contributed by atoms with Gasteiger partial charge in [-0.05, 0) is 34.2 Å². The SMILES string of the molecule is COC(=S)c1cc(Cl)cc([N+](=O)[O-])c1Br. The van der Waals surface area contributed by atoms with Crippen LogP contribution in [0, 0.1) is 10.1 Å². The van der Waals surface area contributed by atoms with Crippen LogP contribution in [0.25, 0.3) is 0 Å². The third-order valence-electron chi connectivity index (χ3n) is 1.62. The topological polar surface area (TPSA) is 52.4 Å². The minimum Gasteiger partial charge on any atom is -0.486 e. The summed E-state index contributed by atoms with van der Waals surface area (Å²) in [5, 5.41) is 11.1. The van der Waals surface area contributed by atoms with Crippen LogP contribution in [0.2, 0.25) is 5.02 Å². The van der Waals surface area contributed by atoms with E-state index in [1.165, 1.54) is 19.2 Å². The maximum atomic E-state index is 10.7. The Kier molecular flexibility index (Phi) is 4.01. The summed E-state index contributed by atoms with van der Waals surface area (Å²) in [6.45, 7) is 0. The van der Waals surface area contributed by atoms with Gasteiger partial charge >= 0.3 is 0 Å². The smallest absolute Gasteiger partial charge is 0.285 e.